The summed E-state index contributed by atoms with van der Waals surface area (Å²) < 4.78 is 0. The molecule has 0 saturated heterocycles. The Morgan fingerprint density at radius 2 is 1.61 bits per heavy atom. The lowest BCUT2D eigenvalue weighted by Crippen LogP contribution is -2.15. The molecule has 0 aliphatic carbocycles. The molecule has 1 nitrogen and oxygen atoms in total. The highest BCUT2D eigenvalue weighted by molar-refractivity contribution is 5.54. The number of nitrogens with one attached hydrogen (secondary N) is 1. The normalized spacial score (nSPS) is 11.6. The van der Waals surface area contributed by atoms with E-state index in [-0.39, 0.29) is 5.41 Å². The molecule has 1 aromatic carbocycles. The molecule has 0 aliphatic rings. The van der Waals surface area contributed by atoms with E-state index >= 15 is 0 Å². The van der Waals surface area contributed by atoms with Gasteiger partial charge in [0.05, 0.1) is 0 Å². The molecule has 0 unspecified atom stereocenters. The fourth-order valence-electron chi connectivity index (χ4n) is 2.24. The van der Waals surface area contributed by atoms with Crippen molar-refractivity contribution < 1.29 is 0 Å². The van der Waals surface area contributed by atoms with Crippen LogP contribution in [0.1, 0.15) is 65.4 Å². The lowest BCUT2D eigenvalue weighted by atomic mass is 9.86. The number of hydrogen-bond donors (Lipinski definition) is 1. The fourth-order valence-corrected chi connectivity index (χ4v) is 2.24. The Hall–Kier alpha value is -0.980. The van der Waals surface area contributed by atoms with Gasteiger partial charge in [-0.05, 0) is 23.5 Å². The monoisotopic (exact) mass is 247 g/mol. The van der Waals surface area contributed by atoms with Gasteiger partial charge in [-0.15, -0.1) is 0 Å². The van der Waals surface area contributed by atoms with Gasteiger partial charge >= 0.3 is 0 Å². The first kappa shape index (κ1) is 15.1. The van der Waals surface area contributed by atoms with Crippen molar-refractivity contribution in [3.63, 3.8) is 0 Å². The smallest absolute Gasteiger partial charge is 0.0378 e. The van der Waals surface area contributed by atoms with E-state index in [2.05, 4.69) is 57.3 Å². The van der Waals surface area contributed by atoms with E-state index < -0.39 is 0 Å². The van der Waals surface area contributed by atoms with Crippen LogP contribution in [0.3, 0.4) is 0 Å². The van der Waals surface area contributed by atoms with Gasteiger partial charge in [0.15, 0.2) is 0 Å². The third kappa shape index (κ3) is 5.12. The van der Waals surface area contributed by atoms with Crippen molar-refractivity contribution in [1.82, 2.24) is 0 Å². The van der Waals surface area contributed by atoms with E-state index in [9.17, 15) is 0 Å². The minimum atomic E-state index is 0.214. The molecular formula is C17H29N. The topological polar surface area (TPSA) is 12.0 Å². The Labute approximate surface area is 113 Å². The molecule has 18 heavy (non-hydrogen) atoms. The van der Waals surface area contributed by atoms with Gasteiger partial charge in [0, 0.05) is 12.2 Å². The predicted octanol–water partition coefficient (Wildman–Crippen LogP) is 5.37. The number of benzene rings is 1. The van der Waals surface area contributed by atoms with Crippen LogP contribution in [-0.4, -0.2) is 6.54 Å². The van der Waals surface area contributed by atoms with Crippen LogP contribution >= 0.6 is 0 Å². The maximum absolute atomic E-state index is 3.60. The molecule has 0 amide bonds. The molecule has 0 aliphatic heterocycles. The van der Waals surface area contributed by atoms with Crippen LogP contribution in [0, 0.1) is 0 Å². The van der Waals surface area contributed by atoms with Gasteiger partial charge in [0.2, 0.25) is 0 Å². The molecule has 0 radical (unpaired) electrons. The number of unbranched alkanes of at least 4 members (excludes halogenated alkanes) is 4. The molecule has 102 valence electrons. The van der Waals surface area contributed by atoms with Crippen LogP contribution in [0.15, 0.2) is 24.3 Å². The number of para-hydroxylation sites is 1. The highest BCUT2D eigenvalue weighted by Crippen LogP contribution is 2.29. The van der Waals surface area contributed by atoms with Gasteiger partial charge in [0.25, 0.3) is 0 Å². The highest BCUT2D eigenvalue weighted by atomic mass is 14.9. The molecule has 0 bridgehead atoms. The molecule has 0 spiro atoms. The average Bonchev–Trinajstić information content (AvgIpc) is 2.33. The molecule has 1 heteroatoms. The van der Waals surface area contributed by atoms with Crippen LogP contribution in [0.4, 0.5) is 5.69 Å². The minimum absolute atomic E-state index is 0.214. The van der Waals surface area contributed by atoms with Crippen molar-refractivity contribution in [2.24, 2.45) is 0 Å². The van der Waals surface area contributed by atoms with Crippen LogP contribution in [0.5, 0.6) is 0 Å². The number of hydrogen-bond acceptors (Lipinski definition) is 1. The molecular weight excluding hydrogens is 218 g/mol. The average molecular weight is 247 g/mol. The summed E-state index contributed by atoms with van der Waals surface area (Å²) >= 11 is 0. The van der Waals surface area contributed by atoms with Gasteiger partial charge in [-0.2, -0.15) is 0 Å². The summed E-state index contributed by atoms with van der Waals surface area (Å²) in [7, 11) is 0. The zero-order valence-corrected chi connectivity index (χ0v) is 12.6. The largest absolute Gasteiger partial charge is 0.385 e. The van der Waals surface area contributed by atoms with E-state index in [4.69, 9.17) is 0 Å². The molecule has 0 fully saturated rings. The molecule has 0 saturated carbocycles. The predicted molar refractivity (Wildman–Crippen MR) is 82.4 cm³/mol. The summed E-state index contributed by atoms with van der Waals surface area (Å²) in [6.07, 6.45) is 6.69. The standard InChI is InChI=1S/C17H29N/c1-5-6-7-8-11-14-18-16-13-10-9-12-15(16)17(2,3)4/h9-10,12-13,18H,5-8,11,14H2,1-4H3. The van der Waals surface area contributed by atoms with Crippen molar-refractivity contribution in [3.8, 4) is 0 Å². The lowest BCUT2D eigenvalue weighted by Gasteiger charge is -2.23. The van der Waals surface area contributed by atoms with Gasteiger partial charge in [-0.3, -0.25) is 0 Å². The molecule has 1 N–H and O–H groups in total. The van der Waals surface area contributed by atoms with Crippen LogP contribution in [0.25, 0.3) is 0 Å². The third-order valence-corrected chi connectivity index (χ3v) is 3.33. The minimum Gasteiger partial charge on any atom is -0.385 e. The van der Waals surface area contributed by atoms with E-state index in [1.54, 1.807) is 0 Å². The molecule has 1 aromatic rings. The molecule has 0 heterocycles. The second kappa shape index (κ2) is 7.45. The van der Waals surface area contributed by atoms with Crippen LogP contribution < -0.4 is 5.32 Å². The van der Waals surface area contributed by atoms with E-state index in [0.29, 0.717) is 0 Å². The zero-order valence-electron chi connectivity index (χ0n) is 12.6. The van der Waals surface area contributed by atoms with Crippen molar-refractivity contribution >= 4 is 5.69 Å². The number of anilines is 1. The zero-order chi connectivity index (χ0) is 13.4. The second-order valence-corrected chi connectivity index (χ2v) is 6.14. The first-order valence-corrected chi connectivity index (χ1v) is 7.39. The van der Waals surface area contributed by atoms with E-state index in [1.807, 2.05) is 0 Å². The summed E-state index contributed by atoms with van der Waals surface area (Å²) in [6.45, 7) is 10.2. The maximum atomic E-state index is 3.60. The molecule has 1 rings (SSSR count). The Morgan fingerprint density at radius 3 is 2.28 bits per heavy atom. The van der Waals surface area contributed by atoms with Crippen molar-refractivity contribution in [2.45, 2.75) is 65.2 Å². The third-order valence-electron chi connectivity index (χ3n) is 3.33. The van der Waals surface area contributed by atoms with Gasteiger partial charge in [-0.1, -0.05) is 71.6 Å². The van der Waals surface area contributed by atoms with Crippen LogP contribution in [-0.2, 0) is 5.41 Å². The van der Waals surface area contributed by atoms with E-state index in [1.165, 1.54) is 43.4 Å². The van der Waals surface area contributed by atoms with Crippen molar-refractivity contribution in [1.29, 1.82) is 0 Å². The second-order valence-electron chi connectivity index (χ2n) is 6.14. The van der Waals surface area contributed by atoms with Gasteiger partial charge in [0.1, 0.15) is 0 Å². The summed E-state index contributed by atoms with van der Waals surface area (Å²) in [6, 6.07) is 8.69. The van der Waals surface area contributed by atoms with Crippen molar-refractivity contribution in [3.05, 3.63) is 29.8 Å². The SMILES string of the molecule is CCCCCCCNc1ccccc1C(C)(C)C. The first-order chi connectivity index (χ1) is 8.55. The Balaban J connectivity index is 2.43. The quantitative estimate of drug-likeness (QED) is 0.639. The lowest BCUT2D eigenvalue weighted by molar-refractivity contribution is 0.590. The Morgan fingerprint density at radius 1 is 0.944 bits per heavy atom. The fraction of sp³-hybridized carbons (Fsp3) is 0.647. The summed E-state index contributed by atoms with van der Waals surface area (Å²) in [4.78, 5) is 0. The Kier molecular flexibility index (Phi) is 6.24. The van der Waals surface area contributed by atoms with Gasteiger partial charge in [-0.25, -0.2) is 0 Å². The van der Waals surface area contributed by atoms with Crippen LogP contribution in [0.2, 0.25) is 0 Å². The molecule has 0 aromatic heterocycles. The first-order valence-electron chi connectivity index (χ1n) is 7.39. The highest BCUT2D eigenvalue weighted by Gasteiger charge is 2.16. The summed E-state index contributed by atoms with van der Waals surface area (Å²) in [5, 5.41) is 3.60. The summed E-state index contributed by atoms with van der Waals surface area (Å²) in [5.74, 6) is 0. The van der Waals surface area contributed by atoms with Gasteiger partial charge < -0.3 is 5.32 Å². The molecule has 0 atom stereocenters. The Bertz CT molecular complexity index is 336. The number of rotatable bonds is 7. The summed E-state index contributed by atoms with van der Waals surface area (Å²) in [5.41, 5.74) is 2.94. The van der Waals surface area contributed by atoms with Crippen molar-refractivity contribution in [2.75, 3.05) is 11.9 Å². The van der Waals surface area contributed by atoms with E-state index in [0.717, 1.165) is 6.54 Å². The maximum Gasteiger partial charge on any atom is 0.0378 e.